The first kappa shape index (κ1) is 15.8. The van der Waals surface area contributed by atoms with Gasteiger partial charge in [0.2, 0.25) is 0 Å². The molecule has 0 atom stereocenters. The van der Waals surface area contributed by atoms with Crippen molar-refractivity contribution in [1.82, 2.24) is 9.78 Å². The van der Waals surface area contributed by atoms with E-state index in [0.717, 1.165) is 22.7 Å². The minimum atomic E-state index is -3.56. The van der Waals surface area contributed by atoms with E-state index in [9.17, 15) is 8.42 Å². The van der Waals surface area contributed by atoms with Crippen LogP contribution in [-0.2, 0) is 16.4 Å². The Morgan fingerprint density at radius 2 is 2.04 bits per heavy atom. The maximum atomic E-state index is 12.5. The average molecular weight is 347 g/mol. The minimum Gasteiger partial charge on any atom is -0.279 e. The molecular weight excluding hydrogens is 330 g/mol. The van der Waals surface area contributed by atoms with Crippen molar-refractivity contribution in [2.45, 2.75) is 24.5 Å². The van der Waals surface area contributed by atoms with Gasteiger partial charge in [0.05, 0.1) is 11.4 Å². The summed E-state index contributed by atoms with van der Waals surface area (Å²) in [5.41, 5.74) is 2.31. The van der Waals surface area contributed by atoms with Crippen LogP contribution in [0.15, 0.2) is 52.9 Å². The molecule has 0 amide bonds. The van der Waals surface area contributed by atoms with Crippen LogP contribution in [0.4, 0.5) is 5.69 Å². The van der Waals surface area contributed by atoms with Gasteiger partial charge >= 0.3 is 0 Å². The second-order valence-corrected chi connectivity index (χ2v) is 8.19. The van der Waals surface area contributed by atoms with Gasteiger partial charge < -0.3 is 0 Å². The highest BCUT2D eigenvalue weighted by molar-refractivity contribution is 7.94. The molecule has 2 heterocycles. The number of thiophene rings is 1. The first-order valence-corrected chi connectivity index (χ1v) is 9.52. The zero-order valence-electron chi connectivity index (χ0n) is 12.9. The molecule has 0 unspecified atom stereocenters. The van der Waals surface area contributed by atoms with Crippen LogP contribution in [0, 0.1) is 6.92 Å². The molecule has 0 spiro atoms. The van der Waals surface area contributed by atoms with Gasteiger partial charge in [0.1, 0.15) is 4.21 Å². The predicted octanol–water partition coefficient (Wildman–Crippen LogP) is 3.61. The summed E-state index contributed by atoms with van der Waals surface area (Å²) >= 11 is 1.30. The normalized spacial score (nSPS) is 11.6. The molecule has 0 aliphatic heterocycles. The van der Waals surface area contributed by atoms with E-state index in [1.807, 2.05) is 32.0 Å². The number of aryl methyl sites for hydroxylation is 2. The lowest BCUT2D eigenvalue weighted by Crippen LogP contribution is -2.11. The third kappa shape index (κ3) is 3.30. The summed E-state index contributed by atoms with van der Waals surface area (Å²) in [6.07, 6.45) is 2.54. The molecule has 0 aliphatic carbocycles. The van der Waals surface area contributed by atoms with E-state index in [0.29, 0.717) is 9.90 Å². The number of benzene rings is 1. The standard InChI is InChI=1S/C16H17N3O2S2/c1-3-15-7-8-16(22-15)23(20,21)18-13-5-4-6-14(11-13)19-12(2)9-10-17-19/h4-11,18H,3H2,1-2H3. The molecule has 3 aromatic rings. The lowest BCUT2D eigenvalue weighted by Gasteiger charge is -2.09. The molecule has 1 aromatic carbocycles. The average Bonchev–Trinajstić information content (AvgIpc) is 3.16. The van der Waals surface area contributed by atoms with E-state index in [2.05, 4.69) is 9.82 Å². The van der Waals surface area contributed by atoms with Crippen LogP contribution in [0.3, 0.4) is 0 Å². The van der Waals surface area contributed by atoms with Crippen LogP contribution < -0.4 is 4.72 Å². The minimum absolute atomic E-state index is 0.329. The fourth-order valence-electron chi connectivity index (χ4n) is 2.24. The predicted molar refractivity (Wildman–Crippen MR) is 92.8 cm³/mol. The summed E-state index contributed by atoms with van der Waals surface area (Å²) in [7, 11) is -3.56. The Kier molecular flexibility index (Phi) is 4.23. The van der Waals surface area contributed by atoms with E-state index in [1.165, 1.54) is 11.3 Å². The van der Waals surface area contributed by atoms with Gasteiger partial charge in [-0.1, -0.05) is 13.0 Å². The monoisotopic (exact) mass is 347 g/mol. The van der Waals surface area contributed by atoms with Crippen molar-refractivity contribution in [3.63, 3.8) is 0 Å². The number of anilines is 1. The van der Waals surface area contributed by atoms with Crippen molar-refractivity contribution in [1.29, 1.82) is 0 Å². The summed E-state index contributed by atoms with van der Waals surface area (Å²) in [4.78, 5) is 1.05. The Bertz CT molecular complexity index is 926. The molecule has 3 rings (SSSR count). The maximum Gasteiger partial charge on any atom is 0.271 e. The third-order valence-electron chi connectivity index (χ3n) is 3.43. The lowest BCUT2D eigenvalue weighted by molar-refractivity contribution is 0.603. The number of sulfonamides is 1. The van der Waals surface area contributed by atoms with Crippen LogP contribution in [0.2, 0.25) is 0 Å². The second-order valence-electron chi connectivity index (χ2n) is 5.11. The van der Waals surface area contributed by atoms with E-state index in [4.69, 9.17) is 0 Å². The highest BCUT2D eigenvalue weighted by Gasteiger charge is 2.17. The Balaban J connectivity index is 1.89. The smallest absolute Gasteiger partial charge is 0.271 e. The van der Waals surface area contributed by atoms with Gasteiger partial charge in [0.15, 0.2) is 0 Å². The van der Waals surface area contributed by atoms with Crippen molar-refractivity contribution < 1.29 is 8.42 Å². The summed E-state index contributed by atoms with van der Waals surface area (Å²) in [5, 5.41) is 4.24. The molecule has 120 valence electrons. The van der Waals surface area contributed by atoms with E-state index in [1.54, 1.807) is 35.1 Å². The van der Waals surface area contributed by atoms with Crippen LogP contribution in [-0.4, -0.2) is 18.2 Å². The Morgan fingerprint density at radius 3 is 2.70 bits per heavy atom. The second kappa shape index (κ2) is 6.17. The Morgan fingerprint density at radius 1 is 1.22 bits per heavy atom. The van der Waals surface area contributed by atoms with Crippen molar-refractivity contribution in [2.75, 3.05) is 4.72 Å². The number of hydrogen-bond donors (Lipinski definition) is 1. The van der Waals surface area contributed by atoms with Gasteiger partial charge in [0.25, 0.3) is 10.0 Å². The number of nitrogens with one attached hydrogen (secondary N) is 1. The Hall–Kier alpha value is -2.12. The van der Waals surface area contributed by atoms with Gasteiger partial charge in [-0.05, 0) is 49.7 Å². The van der Waals surface area contributed by atoms with Crippen LogP contribution >= 0.6 is 11.3 Å². The topological polar surface area (TPSA) is 64.0 Å². The molecule has 0 bridgehead atoms. The molecular formula is C16H17N3O2S2. The molecule has 5 nitrogen and oxygen atoms in total. The van der Waals surface area contributed by atoms with Crippen LogP contribution in [0.1, 0.15) is 17.5 Å². The van der Waals surface area contributed by atoms with E-state index >= 15 is 0 Å². The zero-order valence-corrected chi connectivity index (χ0v) is 14.5. The molecule has 2 aromatic heterocycles. The van der Waals surface area contributed by atoms with Gasteiger partial charge in [0, 0.05) is 16.8 Å². The molecule has 0 saturated carbocycles. The summed E-state index contributed by atoms with van der Waals surface area (Å²) in [6.45, 7) is 3.95. The van der Waals surface area contributed by atoms with Crippen molar-refractivity contribution in [3.05, 3.63) is 59.2 Å². The van der Waals surface area contributed by atoms with Crippen LogP contribution in [0.5, 0.6) is 0 Å². The van der Waals surface area contributed by atoms with Gasteiger partial charge in [-0.15, -0.1) is 11.3 Å². The Labute approximate surface area is 139 Å². The number of nitrogens with zero attached hydrogens (tertiary/aromatic N) is 2. The fraction of sp³-hybridized carbons (Fsp3) is 0.188. The first-order valence-electron chi connectivity index (χ1n) is 7.22. The van der Waals surface area contributed by atoms with Gasteiger partial charge in [-0.3, -0.25) is 4.72 Å². The summed E-state index contributed by atoms with van der Waals surface area (Å²) in [5.74, 6) is 0. The quantitative estimate of drug-likeness (QED) is 0.767. The van der Waals surface area contributed by atoms with Gasteiger partial charge in [-0.2, -0.15) is 5.10 Å². The summed E-state index contributed by atoms with van der Waals surface area (Å²) < 4.78 is 29.7. The van der Waals surface area contributed by atoms with Gasteiger partial charge in [-0.25, -0.2) is 13.1 Å². The first-order chi connectivity index (χ1) is 11.0. The molecule has 7 heteroatoms. The lowest BCUT2D eigenvalue weighted by atomic mass is 10.3. The van der Waals surface area contributed by atoms with Crippen molar-refractivity contribution in [3.8, 4) is 5.69 Å². The van der Waals surface area contributed by atoms with Crippen LogP contribution in [0.25, 0.3) is 5.69 Å². The molecule has 1 N–H and O–H groups in total. The largest absolute Gasteiger partial charge is 0.279 e. The number of hydrogen-bond acceptors (Lipinski definition) is 4. The SMILES string of the molecule is CCc1ccc(S(=O)(=O)Nc2cccc(-n3nccc3C)c2)s1. The highest BCUT2D eigenvalue weighted by Crippen LogP contribution is 2.25. The molecule has 0 saturated heterocycles. The van der Waals surface area contributed by atoms with Crippen molar-refractivity contribution in [2.24, 2.45) is 0 Å². The highest BCUT2D eigenvalue weighted by atomic mass is 32.2. The molecule has 0 aliphatic rings. The van der Waals surface area contributed by atoms with E-state index < -0.39 is 10.0 Å². The molecule has 0 fully saturated rings. The zero-order chi connectivity index (χ0) is 16.4. The van der Waals surface area contributed by atoms with E-state index in [-0.39, 0.29) is 0 Å². The number of aromatic nitrogens is 2. The van der Waals surface area contributed by atoms with Crippen molar-refractivity contribution >= 4 is 27.0 Å². The number of rotatable bonds is 5. The molecule has 23 heavy (non-hydrogen) atoms. The fourth-order valence-corrected chi connectivity index (χ4v) is 4.58. The third-order valence-corrected chi connectivity index (χ3v) is 6.53. The molecule has 0 radical (unpaired) electrons. The maximum absolute atomic E-state index is 12.5. The summed E-state index contributed by atoms with van der Waals surface area (Å²) in [6, 6.07) is 12.6.